The number of hydrogen-bond donors (Lipinski definition) is 1. The molecule has 2 heterocycles. The molecular weight excluding hydrogens is 424 g/mol. The average Bonchev–Trinajstić information content (AvgIpc) is 2.89. The molecule has 6 nitrogen and oxygen atoms in total. The predicted molar refractivity (Wildman–Crippen MR) is 138 cm³/mol. The number of benzene rings is 2. The largest absolute Gasteiger partial charge is 0.496 e. The summed E-state index contributed by atoms with van der Waals surface area (Å²) < 4.78 is 5.68. The lowest BCUT2D eigenvalue weighted by atomic mass is 9.84. The fourth-order valence-corrected chi connectivity index (χ4v) is 5.81. The number of fused-ring (bicyclic) bond motifs is 1. The zero-order chi connectivity index (χ0) is 23.5. The molecule has 1 N–H and O–H groups in total. The van der Waals surface area contributed by atoms with Crippen molar-refractivity contribution in [1.29, 1.82) is 0 Å². The summed E-state index contributed by atoms with van der Waals surface area (Å²) in [6.07, 6.45) is 7.43. The third-order valence-corrected chi connectivity index (χ3v) is 7.93. The average molecular weight is 463 g/mol. The number of likely N-dealkylation sites (N-methyl/N-ethyl adjacent to an activating group) is 1. The van der Waals surface area contributed by atoms with Crippen LogP contribution in [0, 0.1) is 0 Å². The monoisotopic (exact) mass is 462 g/mol. The van der Waals surface area contributed by atoms with Gasteiger partial charge in [-0.1, -0.05) is 31.4 Å². The van der Waals surface area contributed by atoms with Crippen LogP contribution < -0.4 is 15.0 Å². The fourth-order valence-electron chi connectivity index (χ4n) is 5.81. The van der Waals surface area contributed by atoms with Gasteiger partial charge in [0.25, 0.3) is 0 Å². The minimum absolute atomic E-state index is 0.0248. The molecule has 2 amide bonds. The van der Waals surface area contributed by atoms with Crippen LogP contribution in [0.1, 0.15) is 54.7 Å². The van der Waals surface area contributed by atoms with Crippen LogP contribution in [-0.2, 0) is 13.0 Å². The molecule has 0 aromatic heterocycles. The molecule has 5 rings (SSSR count). The minimum atomic E-state index is -0.0248. The Balaban J connectivity index is 1.29. The molecule has 6 heteroatoms. The molecule has 2 aromatic carbocycles. The zero-order valence-corrected chi connectivity index (χ0v) is 20.7. The Hall–Kier alpha value is -2.73. The SMILES string of the molecule is COc1ccc(N2CCN(C)CC2)c2c1CCN(C(=O)Nc1ccc(C3CCCCC3)cc1)C2. The molecule has 0 unspecified atom stereocenters. The van der Waals surface area contributed by atoms with Crippen molar-refractivity contribution >= 4 is 17.4 Å². The Labute approximate surface area is 203 Å². The zero-order valence-electron chi connectivity index (χ0n) is 20.7. The maximum Gasteiger partial charge on any atom is 0.322 e. The number of carbonyl (C=O) groups is 1. The maximum atomic E-state index is 13.2. The van der Waals surface area contributed by atoms with Crippen molar-refractivity contribution in [1.82, 2.24) is 9.80 Å². The number of amides is 2. The molecule has 182 valence electrons. The summed E-state index contributed by atoms with van der Waals surface area (Å²) >= 11 is 0. The van der Waals surface area contributed by atoms with E-state index in [1.165, 1.54) is 54.5 Å². The van der Waals surface area contributed by atoms with Crippen molar-refractivity contribution in [2.45, 2.75) is 51.0 Å². The van der Waals surface area contributed by atoms with Gasteiger partial charge in [-0.15, -0.1) is 0 Å². The van der Waals surface area contributed by atoms with Gasteiger partial charge in [0.2, 0.25) is 0 Å². The minimum Gasteiger partial charge on any atom is -0.496 e. The van der Waals surface area contributed by atoms with Gasteiger partial charge in [0, 0.05) is 61.8 Å². The summed E-state index contributed by atoms with van der Waals surface area (Å²) in [4.78, 5) is 20.0. The molecule has 1 saturated carbocycles. The van der Waals surface area contributed by atoms with E-state index in [4.69, 9.17) is 4.74 Å². The molecule has 0 atom stereocenters. The smallest absolute Gasteiger partial charge is 0.322 e. The Morgan fingerprint density at radius 1 is 0.912 bits per heavy atom. The molecule has 1 saturated heterocycles. The molecule has 2 fully saturated rings. The highest BCUT2D eigenvalue weighted by Crippen LogP contribution is 2.36. The summed E-state index contributed by atoms with van der Waals surface area (Å²) in [5, 5.41) is 3.14. The van der Waals surface area contributed by atoms with Gasteiger partial charge in [0.15, 0.2) is 0 Å². The van der Waals surface area contributed by atoms with Crippen molar-refractivity contribution < 1.29 is 9.53 Å². The van der Waals surface area contributed by atoms with Crippen molar-refractivity contribution in [2.75, 3.05) is 57.1 Å². The highest BCUT2D eigenvalue weighted by Gasteiger charge is 2.28. The highest BCUT2D eigenvalue weighted by atomic mass is 16.5. The Bertz CT molecular complexity index is 992. The topological polar surface area (TPSA) is 48.1 Å². The van der Waals surface area contributed by atoms with Gasteiger partial charge in [0.05, 0.1) is 7.11 Å². The molecule has 0 spiro atoms. The second-order valence-electron chi connectivity index (χ2n) is 10.1. The summed E-state index contributed by atoms with van der Waals surface area (Å²) in [5.41, 5.74) is 6.02. The lowest BCUT2D eigenvalue weighted by Gasteiger charge is -2.38. The number of hydrogen-bond acceptors (Lipinski definition) is 4. The van der Waals surface area contributed by atoms with Crippen LogP contribution in [0.15, 0.2) is 36.4 Å². The van der Waals surface area contributed by atoms with E-state index in [0.29, 0.717) is 19.0 Å². The van der Waals surface area contributed by atoms with Gasteiger partial charge >= 0.3 is 6.03 Å². The normalized spacial score (nSPS) is 19.6. The highest BCUT2D eigenvalue weighted by molar-refractivity contribution is 5.89. The Morgan fingerprint density at radius 3 is 2.35 bits per heavy atom. The van der Waals surface area contributed by atoms with Gasteiger partial charge in [-0.3, -0.25) is 0 Å². The molecule has 3 aliphatic rings. The second-order valence-corrected chi connectivity index (χ2v) is 10.1. The van der Waals surface area contributed by atoms with E-state index >= 15 is 0 Å². The predicted octanol–water partition coefficient (Wildman–Crippen LogP) is 5.08. The Morgan fingerprint density at radius 2 is 1.65 bits per heavy atom. The molecular formula is C28H38N4O2. The number of rotatable bonds is 4. The van der Waals surface area contributed by atoms with E-state index in [9.17, 15) is 4.79 Å². The van der Waals surface area contributed by atoms with Gasteiger partial charge in [-0.05, 0) is 62.1 Å². The molecule has 0 bridgehead atoms. The molecule has 2 aliphatic heterocycles. The first kappa shape index (κ1) is 23.0. The number of urea groups is 1. The van der Waals surface area contributed by atoms with E-state index in [1.54, 1.807) is 7.11 Å². The number of anilines is 2. The lowest BCUT2D eigenvalue weighted by Crippen LogP contribution is -2.46. The summed E-state index contributed by atoms with van der Waals surface area (Å²) in [7, 11) is 3.91. The number of ether oxygens (including phenoxy) is 1. The first-order valence-corrected chi connectivity index (χ1v) is 12.9. The van der Waals surface area contributed by atoms with Crippen molar-refractivity contribution in [3.8, 4) is 5.75 Å². The van der Waals surface area contributed by atoms with E-state index in [-0.39, 0.29) is 6.03 Å². The van der Waals surface area contributed by atoms with E-state index in [2.05, 4.69) is 58.6 Å². The number of nitrogens with one attached hydrogen (secondary N) is 1. The Kier molecular flexibility index (Phi) is 6.95. The fraction of sp³-hybridized carbons (Fsp3) is 0.536. The van der Waals surface area contributed by atoms with Gasteiger partial charge < -0.3 is 24.8 Å². The third-order valence-electron chi connectivity index (χ3n) is 7.93. The van der Waals surface area contributed by atoms with Crippen LogP contribution in [0.3, 0.4) is 0 Å². The van der Waals surface area contributed by atoms with Crippen LogP contribution in [0.2, 0.25) is 0 Å². The summed E-state index contributed by atoms with van der Waals surface area (Å²) in [6, 6.07) is 12.8. The van der Waals surface area contributed by atoms with Crippen molar-refractivity contribution in [3.63, 3.8) is 0 Å². The number of methoxy groups -OCH3 is 1. The van der Waals surface area contributed by atoms with Crippen LogP contribution in [0.25, 0.3) is 0 Å². The van der Waals surface area contributed by atoms with Gasteiger partial charge in [-0.2, -0.15) is 0 Å². The first-order chi connectivity index (χ1) is 16.6. The standard InChI is InChI=1S/C28H38N4O2/c1-30-16-18-31(19-17-30)26-12-13-27(34-2)24-14-15-32(20-25(24)26)28(33)29-23-10-8-22(9-11-23)21-6-4-3-5-7-21/h8-13,21H,3-7,14-20H2,1-2H3,(H,29,33). The van der Waals surface area contributed by atoms with Crippen molar-refractivity contribution in [2.24, 2.45) is 0 Å². The quantitative estimate of drug-likeness (QED) is 0.688. The van der Waals surface area contributed by atoms with Gasteiger partial charge in [0.1, 0.15) is 5.75 Å². The molecule has 0 radical (unpaired) electrons. The van der Waals surface area contributed by atoms with E-state index in [1.807, 2.05) is 4.90 Å². The van der Waals surface area contributed by atoms with Crippen LogP contribution in [0.5, 0.6) is 5.75 Å². The number of piperazine rings is 1. The van der Waals surface area contributed by atoms with Crippen LogP contribution in [0.4, 0.5) is 16.2 Å². The maximum absolute atomic E-state index is 13.2. The number of nitrogens with zero attached hydrogens (tertiary/aromatic N) is 3. The molecule has 2 aromatic rings. The lowest BCUT2D eigenvalue weighted by molar-refractivity contribution is 0.206. The van der Waals surface area contributed by atoms with Crippen molar-refractivity contribution in [3.05, 3.63) is 53.1 Å². The summed E-state index contributed by atoms with van der Waals surface area (Å²) in [5.74, 6) is 1.62. The van der Waals surface area contributed by atoms with Crippen LogP contribution >= 0.6 is 0 Å². The van der Waals surface area contributed by atoms with E-state index < -0.39 is 0 Å². The molecule has 34 heavy (non-hydrogen) atoms. The third kappa shape index (κ3) is 4.88. The van der Waals surface area contributed by atoms with E-state index in [0.717, 1.165) is 44.0 Å². The second kappa shape index (κ2) is 10.3. The summed E-state index contributed by atoms with van der Waals surface area (Å²) in [6.45, 7) is 5.44. The number of carbonyl (C=O) groups excluding carboxylic acids is 1. The molecule has 1 aliphatic carbocycles. The van der Waals surface area contributed by atoms with Crippen LogP contribution in [-0.4, -0.2) is 62.7 Å². The first-order valence-electron chi connectivity index (χ1n) is 12.9. The van der Waals surface area contributed by atoms with Gasteiger partial charge in [-0.25, -0.2) is 4.79 Å².